The van der Waals surface area contributed by atoms with E-state index < -0.39 is 18.1 Å². The molecule has 2 aromatic carbocycles. The highest BCUT2D eigenvalue weighted by molar-refractivity contribution is 6.04. The number of nitrogen functional groups attached to an aromatic ring is 1. The molecule has 0 spiro atoms. The molecule has 0 unspecified atom stereocenters. The van der Waals surface area contributed by atoms with Crippen molar-refractivity contribution in [1.82, 2.24) is 9.36 Å². The average Bonchev–Trinajstić information content (AvgIpc) is 3.12. The van der Waals surface area contributed by atoms with Gasteiger partial charge in [-0.1, -0.05) is 30.3 Å². The predicted molar refractivity (Wildman–Crippen MR) is 142 cm³/mol. The number of aliphatic hydroxyl groups excluding tert-OH is 1. The van der Waals surface area contributed by atoms with Crippen LogP contribution in [-0.2, 0) is 21.3 Å². The van der Waals surface area contributed by atoms with Crippen LogP contribution >= 0.6 is 0 Å². The van der Waals surface area contributed by atoms with Gasteiger partial charge in [0.25, 0.3) is 11.5 Å². The van der Waals surface area contributed by atoms with Crippen LogP contribution in [0.4, 0.5) is 11.4 Å². The van der Waals surface area contributed by atoms with Gasteiger partial charge >= 0.3 is 0 Å². The number of aliphatic hydroxyl groups is 1. The first-order valence-electron chi connectivity index (χ1n) is 12.5. The van der Waals surface area contributed by atoms with Gasteiger partial charge in [0.1, 0.15) is 0 Å². The summed E-state index contributed by atoms with van der Waals surface area (Å²) in [6.45, 7) is 4.09. The minimum Gasteiger partial charge on any atom is -0.459 e. The van der Waals surface area contributed by atoms with Gasteiger partial charge < -0.3 is 25.6 Å². The van der Waals surface area contributed by atoms with Crippen molar-refractivity contribution in [3.8, 4) is 5.69 Å². The third-order valence-corrected chi connectivity index (χ3v) is 6.78. The molecule has 9 heteroatoms. The molecule has 37 heavy (non-hydrogen) atoms. The largest absolute Gasteiger partial charge is 0.459 e. The van der Waals surface area contributed by atoms with Crippen LogP contribution in [0.15, 0.2) is 71.2 Å². The lowest BCUT2D eigenvalue weighted by molar-refractivity contribution is -0.165. The fourth-order valence-electron chi connectivity index (χ4n) is 4.87. The number of para-hydroxylation sites is 3. The lowest BCUT2D eigenvalue weighted by Gasteiger charge is -2.36. The predicted octanol–water partition coefficient (Wildman–Crippen LogP) is 3.45. The first-order chi connectivity index (χ1) is 17.9. The van der Waals surface area contributed by atoms with E-state index in [1.807, 2.05) is 55.9 Å². The van der Waals surface area contributed by atoms with E-state index >= 15 is 0 Å². The maximum Gasteiger partial charge on any atom is 0.290 e. The Morgan fingerprint density at radius 1 is 1.16 bits per heavy atom. The summed E-state index contributed by atoms with van der Waals surface area (Å²) in [6, 6.07) is 16.4. The van der Waals surface area contributed by atoms with E-state index in [1.165, 1.54) is 0 Å². The zero-order valence-electron chi connectivity index (χ0n) is 21.4. The second-order valence-electron chi connectivity index (χ2n) is 9.04. The SMILES string of the molecule is CCO[C@H]1OC(C(=O)Nc2ccccc2N)=C[C@@H](c2c(C)n(C)n(-c3ccccc3)c2=O)[C@H]1CCCO. The van der Waals surface area contributed by atoms with Crippen molar-refractivity contribution in [1.29, 1.82) is 0 Å². The Balaban J connectivity index is 1.82. The van der Waals surface area contributed by atoms with Gasteiger partial charge in [0.2, 0.25) is 6.29 Å². The molecule has 0 fully saturated rings. The fourth-order valence-corrected chi connectivity index (χ4v) is 4.87. The second kappa shape index (κ2) is 11.5. The first-order valence-corrected chi connectivity index (χ1v) is 12.5. The van der Waals surface area contributed by atoms with Crippen molar-refractivity contribution < 1.29 is 19.4 Å². The van der Waals surface area contributed by atoms with Crippen LogP contribution in [0.2, 0.25) is 0 Å². The Hall–Kier alpha value is -3.82. The Morgan fingerprint density at radius 2 is 1.86 bits per heavy atom. The lowest BCUT2D eigenvalue weighted by atomic mass is 9.80. The molecule has 196 valence electrons. The fraction of sp³-hybridized carbons (Fsp3) is 0.357. The molecule has 0 saturated carbocycles. The Kier molecular flexibility index (Phi) is 8.15. The zero-order chi connectivity index (χ0) is 26.5. The number of nitrogens with zero attached hydrogens (tertiary/aromatic N) is 2. The number of carbonyl (C=O) groups excluding carboxylic acids is 1. The summed E-state index contributed by atoms with van der Waals surface area (Å²) in [5.41, 5.74) is 8.80. The van der Waals surface area contributed by atoms with E-state index in [0.717, 1.165) is 11.4 Å². The van der Waals surface area contributed by atoms with Crippen LogP contribution < -0.4 is 16.6 Å². The van der Waals surface area contributed by atoms with Gasteiger partial charge in [-0.25, -0.2) is 4.68 Å². The smallest absolute Gasteiger partial charge is 0.290 e. The first kappa shape index (κ1) is 26.2. The molecular weight excluding hydrogens is 472 g/mol. The topological polar surface area (TPSA) is 121 Å². The molecule has 4 rings (SSSR count). The third kappa shape index (κ3) is 5.33. The molecule has 1 aromatic heterocycles. The number of nitrogens with one attached hydrogen (secondary N) is 1. The monoisotopic (exact) mass is 506 g/mol. The standard InChI is InChI=1S/C28H34N4O5/c1-4-36-28-20(13-10-16-33)21(17-24(37-28)26(34)30-23-15-9-8-14-22(23)29)25-18(2)31(3)32(27(25)35)19-11-6-5-7-12-19/h5-9,11-12,14-15,17,20-21,28,33H,4,10,13,16,29H2,1-3H3,(H,30,34)/t20-,21-,28+/m1/s1. The number of carbonyl (C=O) groups is 1. The van der Waals surface area contributed by atoms with E-state index in [9.17, 15) is 14.7 Å². The minimum absolute atomic E-state index is 0.00553. The molecular formula is C28H34N4O5. The molecule has 1 amide bonds. The van der Waals surface area contributed by atoms with Crippen molar-refractivity contribution in [2.75, 3.05) is 24.3 Å². The molecule has 0 aliphatic carbocycles. The van der Waals surface area contributed by atoms with Gasteiger partial charge in [0.05, 0.1) is 17.1 Å². The molecule has 1 aliphatic rings. The number of hydrogen-bond donors (Lipinski definition) is 3. The molecule has 3 aromatic rings. The molecule has 0 saturated heterocycles. The van der Waals surface area contributed by atoms with E-state index in [2.05, 4.69) is 5.32 Å². The van der Waals surface area contributed by atoms with Gasteiger partial charge in [-0.3, -0.25) is 14.3 Å². The number of hydrogen-bond acceptors (Lipinski definition) is 6. The number of allylic oxidation sites excluding steroid dienone is 1. The van der Waals surface area contributed by atoms with E-state index in [4.69, 9.17) is 15.2 Å². The second-order valence-corrected chi connectivity index (χ2v) is 9.04. The minimum atomic E-state index is -0.774. The molecule has 1 aliphatic heterocycles. The lowest BCUT2D eigenvalue weighted by Crippen LogP contribution is -2.39. The number of nitrogens with two attached hydrogens (primary N) is 1. The van der Waals surface area contributed by atoms with Crippen molar-refractivity contribution >= 4 is 17.3 Å². The molecule has 4 N–H and O–H groups in total. The summed E-state index contributed by atoms with van der Waals surface area (Å²) in [4.78, 5) is 27.2. The van der Waals surface area contributed by atoms with Gasteiger partial charge in [-0.2, -0.15) is 0 Å². The van der Waals surface area contributed by atoms with Crippen LogP contribution in [0, 0.1) is 12.8 Å². The highest BCUT2D eigenvalue weighted by Crippen LogP contribution is 2.40. The van der Waals surface area contributed by atoms with Crippen LogP contribution in [0.3, 0.4) is 0 Å². The maximum atomic E-state index is 13.9. The van der Waals surface area contributed by atoms with Crippen LogP contribution in [-0.4, -0.2) is 39.9 Å². The number of amides is 1. The summed E-state index contributed by atoms with van der Waals surface area (Å²) in [5, 5.41) is 12.4. The van der Waals surface area contributed by atoms with Crippen LogP contribution in [0.5, 0.6) is 0 Å². The number of rotatable bonds is 9. The molecule has 9 nitrogen and oxygen atoms in total. The summed E-state index contributed by atoms with van der Waals surface area (Å²) < 4.78 is 15.4. The summed E-state index contributed by atoms with van der Waals surface area (Å²) in [7, 11) is 1.84. The highest BCUT2D eigenvalue weighted by atomic mass is 16.7. The highest BCUT2D eigenvalue weighted by Gasteiger charge is 2.40. The molecule has 3 atom stereocenters. The zero-order valence-corrected chi connectivity index (χ0v) is 21.4. The summed E-state index contributed by atoms with van der Waals surface area (Å²) >= 11 is 0. The van der Waals surface area contributed by atoms with Crippen molar-refractivity contribution in [3.05, 3.63) is 88.0 Å². The van der Waals surface area contributed by atoms with Crippen molar-refractivity contribution in [3.63, 3.8) is 0 Å². The maximum absolute atomic E-state index is 13.9. The van der Waals surface area contributed by atoms with Gasteiger partial charge in [-0.15, -0.1) is 0 Å². The molecule has 0 radical (unpaired) electrons. The average molecular weight is 507 g/mol. The third-order valence-electron chi connectivity index (χ3n) is 6.78. The summed E-state index contributed by atoms with van der Waals surface area (Å²) in [5.74, 6) is -1.19. The van der Waals surface area contributed by atoms with Gasteiger partial charge in [0.15, 0.2) is 5.76 Å². The van der Waals surface area contributed by atoms with E-state index in [1.54, 1.807) is 35.0 Å². The van der Waals surface area contributed by atoms with Crippen LogP contribution in [0.25, 0.3) is 5.69 Å². The van der Waals surface area contributed by atoms with Gasteiger partial charge in [0, 0.05) is 43.4 Å². The number of anilines is 2. The Labute approximate surface area is 216 Å². The Bertz CT molecular complexity index is 1330. The number of aromatic nitrogens is 2. The molecule has 2 heterocycles. The Morgan fingerprint density at radius 3 is 2.54 bits per heavy atom. The van der Waals surface area contributed by atoms with E-state index in [-0.39, 0.29) is 23.8 Å². The number of benzene rings is 2. The van der Waals surface area contributed by atoms with E-state index in [0.29, 0.717) is 36.4 Å². The summed E-state index contributed by atoms with van der Waals surface area (Å²) in [6.07, 6.45) is 1.97. The number of ether oxygens (including phenoxy) is 2. The van der Waals surface area contributed by atoms with Gasteiger partial charge in [-0.05, 0) is 57.0 Å². The van der Waals surface area contributed by atoms with Crippen molar-refractivity contribution in [2.24, 2.45) is 13.0 Å². The van der Waals surface area contributed by atoms with Crippen LogP contribution in [0.1, 0.15) is 36.9 Å². The van der Waals surface area contributed by atoms with Crippen molar-refractivity contribution in [2.45, 2.75) is 38.9 Å². The quantitative estimate of drug-likeness (QED) is 0.382. The molecule has 0 bridgehead atoms. The normalized spacial score (nSPS) is 19.2.